The van der Waals surface area contributed by atoms with Crippen LogP contribution < -0.4 is 5.32 Å². The van der Waals surface area contributed by atoms with E-state index in [1.807, 2.05) is 13.8 Å². The van der Waals surface area contributed by atoms with E-state index >= 15 is 0 Å². The van der Waals surface area contributed by atoms with Gasteiger partial charge in [-0.1, -0.05) is 13.8 Å². The van der Waals surface area contributed by atoms with Crippen molar-refractivity contribution in [3.63, 3.8) is 0 Å². The van der Waals surface area contributed by atoms with Gasteiger partial charge in [-0.05, 0) is 18.8 Å². The van der Waals surface area contributed by atoms with Gasteiger partial charge < -0.3 is 5.32 Å². The molecule has 1 fully saturated rings. The Labute approximate surface area is 100 Å². The Hall–Kier alpha value is -0.900. The second-order valence-electron chi connectivity index (χ2n) is 4.83. The zero-order valence-corrected chi connectivity index (χ0v) is 10.6. The first-order valence-electron chi connectivity index (χ1n) is 5.86. The van der Waals surface area contributed by atoms with Gasteiger partial charge in [0.15, 0.2) is 0 Å². The molecule has 0 saturated heterocycles. The molecule has 1 amide bonds. The fraction of sp³-hybridized carbons (Fsp3) is 0.667. The first-order chi connectivity index (χ1) is 7.65. The van der Waals surface area contributed by atoms with Crippen LogP contribution in [0.1, 0.15) is 49.7 Å². The molecule has 1 aliphatic carbocycles. The zero-order valence-electron chi connectivity index (χ0n) is 9.82. The highest BCUT2D eigenvalue weighted by atomic mass is 32.1. The van der Waals surface area contributed by atoms with Gasteiger partial charge in [-0.15, -0.1) is 11.3 Å². The largest absolute Gasteiger partial charge is 0.350 e. The van der Waals surface area contributed by atoms with Crippen LogP contribution in [0.3, 0.4) is 0 Å². The highest BCUT2D eigenvalue weighted by Gasteiger charge is 2.26. The number of rotatable bonds is 5. The first kappa shape index (κ1) is 11.6. The van der Waals surface area contributed by atoms with Crippen LogP contribution >= 0.6 is 11.3 Å². The molecule has 2 rings (SSSR count). The average molecular weight is 238 g/mol. The maximum atomic E-state index is 11.4. The van der Waals surface area contributed by atoms with Crippen molar-refractivity contribution < 1.29 is 4.79 Å². The lowest BCUT2D eigenvalue weighted by Gasteiger charge is -2.05. The van der Waals surface area contributed by atoms with Crippen molar-refractivity contribution in [2.75, 3.05) is 0 Å². The number of nitrogens with one attached hydrogen (secondary N) is 1. The third kappa shape index (κ3) is 3.30. The van der Waals surface area contributed by atoms with E-state index in [1.54, 1.807) is 11.3 Å². The summed E-state index contributed by atoms with van der Waals surface area (Å²) >= 11 is 1.72. The first-order valence-corrected chi connectivity index (χ1v) is 6.74. The Morgan fingerprint density at radius 1 is 1.62 bits per heavy atom. The number of nitrogens with zero attached hydrogens (tertiary/aromatic N) is 1. The lowest BCUT2D eigenvalue weighted by molar-refractivity contribution is -0.121. The summed E-state index contributed by atoms with van der Waals surface area (Å²) in [5.41, 5.74) is 1.00. The van der Waals surface area contributed by atoms with E-state index < -0.39 is 0 Å². The van der Waals surface area contributed by atoms with E-state index in [1.165, 1.54) is 17.8 Å². The highest BCUT2D eigenvalue weighted by Crippen LogP contribution is 2.41. The van der Waals surface area contributed by atoms with Crippen LogP contribution in [-0.4, -0.2) is 10.9 Å². The van der Waals surface area contributed by atoms with Crippen LogP contribution in [0, 0.1) is 5.92 Å². The van der Waals surface area contributed by atoms with Crippen molar-refractivity contribution in [1.82, 2.24) is 10.3 Å². The summed E-state index contributed by atoms with van der Waals surface area (Å²) in [6.45, 7) is 4.68. The smallest absolute Gasteiger partial charge is 0.220 e. The van der Waals surface area contributed by atoms with E-state index in [9.17, 15) is 4.79 Å². The number of amides is 1. The van der Waals surface area contributed by atoms with Crippen molar-refractivity contribution in [2.45, 2.75) is 45.6 Å². The molecule has 3 nitrogen and oxygen atoms in total. The summed E-state index contributed by atoms with van der Waals surface area (Å²) in [6.07, 6.45) is 3.17. The third-order valence-electron chi connectivity index (χ3n) is 2.56. The normalized spacial score (nSPS) is 15.4. The number of carbonyl (C=O) groups is 1. The molecule has 1 saturated carbocycles. The summed E-state index contributed by atoms with van der Waals surface area (Å²) in [5.74, 6) is 1.25. The lowest BCUT2D eigenvalue weighted by atomic mass is 10.1. The number of hydrogen-bond donors (Lipinski definition) is 1. The molecule has 0 aromatic carbocycles. The zero-order chi connectivity index (χ0) is 11.5. The van der Waals surface area contributed by atoms with Gasteiger partial charge in [0.25, 0.3) is 0 Å². The van der Waals surface area contributed by atoms with Crippen LogP contribution in [0.2, 0.25) is 0 Å². The SMILES string of the molecule is CC(C)CC(=O)NCc1csc(C2CC2)n1. The Morgan fingerprint density at radius 3 is 3.00 bits per heavy atom. The summed E-state index contributed by atoms with van der Waals surface area (Å²) < 4.78 is 0. The number of hydrogen-bond acceptors (Lipinski definition) is 3. The van der Waals surface area contributed by atoms with Gasteiger partial charge in [-0.2, -0.15) is 0 Å². The molecule has 1 aromatic heterocycles. The number of aromatic nitrogens is 1. The highest BCUT2D eigenvalue weighted by molar-refractivity contribution is 7.09. The number of carbonyl (C=O) groups excluding carboxylic acids is 1. The minimum atomic E-state index is 0.121. The van der Waals surface area contributed by atoms with Crippen LogP contribution in [0.5, 0.6) is 0 Å². The minimum absolute atomic E-state index is 0.121. The molecular weight excluding hydrogens is 220 g/mol. The van der Waals surface area contributed by atoms with Gasteiger partial charge >= 0.3 is 0 Å². The quantitative estimate of drug-likeness (QED) is 0.857. The van der Waals surface area contributed by atoms with Crippen molar-refractivity contribution in [1.29, 1.82) is 0 Å². The van der Waals surface area contributed by atoms with E-state index in [2.05, 4.69) is 15.7 Å². The molecule has 1 aromatic rings. The predicted molar refractivity (Wildman–Crippen MR) is 65.4 cm³/mol. The van der Waals surface area contributed by atoms with E-state index in [0.717, 1.165) is 5.69 Å². The summed E-state index contributed by atoms with van der Waals surface area (Å²) in [6, 6.07) is 0. The molecule has 88 valence electrons. The monoisotopic (exact) mass is 238 g/mol. The van der Waals surface area contributed by atoms with Gasteiger partial charge in [0.2, 0.25) is 5.91 Å². The van der Waals surface area contributed by atoms with Crippen LogP contribution in [0.4, 0.5) is 0 Å². The van der Waals surface area contributed by atoms with Gasteiger partial charge in [-0.25, -0.2) is 4.98 Å². The Morgan fingerprint density at radius 2 is 2.38 bits per heavy atom. The topological polar surface area (TPSA) is 42.0 Å². The van der Waals surface area contributed by atoms with Crippen molar-refractivity contribution in [3.8, 4) is 0 Å². The molecule has 0 unspecified atom stereocenters. The maximum Gasteiger partial charge on any atom is 0.220 e. The molecule has 1 N–H and O–H groups in total. The Bertz CT molecular complexity index is 369. The van der Waals surface area contributed by atoms with Gasteiger partial charge in [0.05, 0.1) is 17.2 Å². The van der Waals surface area contributed by atoms with Crippen LogP contribution in [0.25, 0.3) is 0 Å². The van der Waals surface area contributed by atoms with Crippen molar-refractivity contribution in [2.24, 2.45) is 5.92 Å². The molecule has 1 aliphatic rings. The standard InChI is InChI=1S/C12H18N2OS/c1-8(2)5-11(15)13-6-10-7-16-12(14-10)9-3-4-9/h7-9H,3-6H2,1-2H3,(H,13,15). The van der Waals surface area contributed by atoms with Crippen molar-refractivity contribution in [3.05, 3.63) is 16.1 Å². The van der Waals surface area contributed by atoms with Gasteiger partial charge in [0.1, 0.15) is 0 Å². The minimum Gasteiger partial charge on any atom is -0.350 e. The van der Waals surface area contributed by atoms with Crippen LogP contribution in [-0.2, 0) is 11.3 Å². The molecular formula is C12H18N2OS. The summed E-state index contributed by atoms with van der Waals surface area (Å²) in [7, 11) is 0. The molecule has 16 heavy (non-hydrogen) atoms. The molecule has 0 aliphatic heterocycles. The second-order valence-corrected chi connectivity index (χ2v) is 5.72. The molecule has 0 radical (unpaired) electrons. The van der Waals surface area contributed by atoms with Crippen molar-refractivity contribution >= 4 is 17.2 Å². The summed E-state index contributed by atoms with van der Waals surface area (Å²) in [5, 5.41) is 6.21. The molecule has 1 heterocycles. The Kier molecular flexibility index (Phi) is 3.59. The average Bonchev–Trinajstić information content (AvgIpc) is 2.94. The van der Waals surface area contributed by atoms with E-state index in [4.69, 9.17) is 0 Å². The molecule has 0 spiro atoms. The van der Waals surface area contributed by atoms with Gasteiger partial charge in [-0.3, -0.25) is 4.79 Å². The molecule has 0 bridgehead atoms. The summed E-state index contributed by atoms with van der Waals surface area (Å²) in [4.78, 5) is 16.0. The number of thiazole rings is 1. The third-order valence-corrected chi connectivity index (χ3v) is 3.61. The van der Waals surface area contributed by atoms with Gasteiger partial charge in [0, 0.05) is 17.7 Å². The maximum absolute atomic E-state index is 11.4. The molecule has 4 heteroatoms. The predicted octanol–water partition coefficient (Wildman–Crippen LogP) is 2.68. The van der Waals surface area contributed by atoms with Crippen LogP contribution in [0.15, 0.2) is 5.38 Å². The molecule has 0 atom stereocenters. The lowest BCUT2D eigenvalue weighted by Crippen LogP contribution is -2.24. The fourth-order valence-corrected chi connectivity index (χ4v) is 2.54. The Balaban J connectivity index is 1.77. The fourth-order valence-electron chi connectivity index (χ4n) is 1.55. The van der Waals surface area contributed by atoms with E-state index in [0.29, 0.717) is 24.8 Å². The van der Waals surface area contributed by atoms with E-state index in [-0.39, 0.29) is 5.91 Å². The second kappa shape index (κ2) is 4.95.